The van der Waals surface area contributed by atoms with E-state index in [2.05, 4.69) is 15.3 Å². The molecule has 0 aromatic carbocycles. The zero-order valence-electron chi connectivity index (χ0n) is 10.2. The van der Waals surface area contributed by atoms with Gasteiger partial charge in [0.15, 0.2) is 0 Å². The number of aromatic nitrogens is 2. The minimum Gasteiger partial charge on any atom is -0.322 e. The van der Waals surface area contributed by atoms with E-state index in [4.69, 9.17) is 5.73 Å². The lowest BCUT2D eigenvalue weighted by molar-refractivity contribution is 0.102. The quantitative estimate of drug-likeness (QED) is 0.887. The molecule has 94 valence electrons. The molecule has 0 aliphatic rings. The molecule has 0 radical (unpaired) electrons. The molecular formula is C12H14N4OS. The molecule has 6 heteroatoms. The maximum atomic E-state index is 12.0. The Labute approximate surface area is 109 Å². The van der Waals surface area contributed by atoms with Crippen molar-refractivity contribution in [3.8, 4) is 0 Å². The minimum absolute atomic E-state index is 0.159. The third kappa shape index (κ3) is 2.72. The second-order valence-electron chi connectivity index (χ2n) is 3.98. The molecule has 0 aliphatic heterocycles. The van der Waals surface area contributed by atoms with Crippen LogP contribution in [0.2, 0.25) is 0 Å². The molecule has 0 bridgehead atoms. The fourth-order valence-corrected chi connectivity index (χ4v) is 2.15. The van der Waals surface area contributed by atoms with Gasteiger partial charge in [-0.2, -0.15) is 0 Å². The molecule has 2 aromatic heterocycles. The molecule has 2 aromatic rings. The Balaban J connectivity index is 2.15. The molecule has 0 saturated heterocycles. The molecule has 0 aliphatic carbocycles. The van der Waals surface area contributed by atoms with Crippen LogP contribution in [-0.4, -0.2) is 15.9 Å². The molecule has 18 heavy (non-hydrogen) atoms. The van der Waals surface area contributed by atoms with Crippen LogP contribution in [0.1, 0.15) is 34.0 Å². The summed E-state index contributed by atoms with van der Waals surface area (Å²) in [6.07, 6.45) is 1.64. The van der Waals surface area contributed by atoms with Crippen molar-refractivity contribution in [2.45, 2.75) is 19.9 Å². The van der Waals surface area contributed by atoms with Crippen molar-refractivity contribution < 1.29 is 4.79 Å². The summed E-state index contributed by atoms with van der Waals surface area (Å²) >= 11 is 1.38. The standard InChI is InChI=1S/C12H14N4OS/c1-7-4-3-5-14-10(7)16-11(17)9-6-18-12(15-9)8(2)13/h3-6,8H,13H2,1-2H3,(H,14,16,17). The summed E-state index contributed by atoms with van der Waals surface area (Å²) in [7, 11) is 0. The van der Waals surface area contributed by atoms with Crippen LogP contribution < -0.4 is 11.1 Å². The van der Waals surface area contributed by atoms with Crippen molar-refractivity contribution in [3.63, 3.8) is 0 Å². The van der Waals surface area contributed by atoms with Gasteiger partial charge in [0.25, 0.3) is 5.91 Å². The fraction of sp³-hybridized carbons (Fsp3) is 0.250. The van der Waals surface area contributed by atoms with Gasteiger partial charge in [-0.3, -0.25) is 4.79 Å². The van der Waals surface area contributed by atoms with E-state index in [-0.39, 0.29) is 11.9 Å². The highest BCUT2D eigenvalue weighted by atomic mass is 32.1. The van der Waals surface area contributed by atoms with Crippen LogP contribution in [0.25, 0.3) is 0 Å². The maximum Gasteiger partial charge on any atom is 0.276 e. The molecule has 3 N–H and O–H groups in total. The number of aryl methyl sites for hydroxylation is 1. The Hall–Kier alpha value is -1.79. The SMILES string of the molecule is Cc1cccnc1NC(=O)c1csc(C(C)N)n1. The average molecular weight is 262 g/mol. The number of nitrogens with two attached hydrogens (primary N) is 1. The number of thiazole rings is 1. The average Bonchev–Trinajstić information content (AvgIpc) is 2.81. The first-order chi connectivity index (χ1) is 8.58. The molecule has 2 rings (SSSR count). The van der Waals surface area contributed by atoms with Gasteiger partial charge in [-0.15, -0.1) is 11.3 Å². The third-order valence-electron chi connectivity index (χ3n) is 2.39. The van der Waals surface area contributed by atoms with Crippen LogP contribution in [0.5, 0.6) is 0 Å². The first-order valence-corrected chi connectivity index (χ1v) is 6.40. The van der Waals surface area contributed by atoms with E-state index in [9.17, 15) is 4.79 Å². The molecule has 5 nitrogen and oxygen atoms in total. The van der Waals surface area contributed by atoms with E-state index in [1.165, 1.54) is 11.3 Å². The topological polar surface area (TPSA) is 80.9 Å². The van der Waals surface area contributed by atoms with Crippen LogP contribution in [0.3, 0.4) is 0 Å². The van der Waals surface area contributed by atoms with E-state index in [1.807, 2.05) is 26.0 Å². The lowest BCUT2D eigenvalue weighted by atomic mass is 10.3. The number of carbonyl (C=O) groups is 1. The van der Waals surface area contributed by atoms with Crippen LogP contribution in [-0.2, 0) is 0 Å². The van der Waals surface area contributed by atoms with Crippen molar-refractivity contribution >= 4 is 23.1 Å². The highest BCUT2D eigenvalue weighted by Gasteiger charge is 2.13. The molecule has 0 saturated carbocycles. The Morgan fingerprint density at radius 1 is 1.56 bits per heavy atom. The third-order valence-corrected chi connectivity index (χ3v) is 3.43. The molecule has 1 amide bonds. The number of pyridine rings is 1. The first-order valence-electron chi connectivity index (χ1n) is 5.52. The van der Waals surface area contributed by atoms with E-state index >= 15 is 0 Å². The summed E-state index contributed by atoms with van der Waals surface area (Å²) in [6.45, 7) is 3.72. The number of nitrogens with zero attached hydrogens (tertiary/aromatic N) is 2. The summed E-state index contributed by atoms with van der Waals surface area (Å²) in [5.41, 5.74) is 6.99. The minimum atomic E-state index is -0.264. The zero-order chi connectivity index (χ0) is 13.1. The van der Waals surface area contributed by atoms with Gasteiger partial charge in [-0.1, -0.05) is 6.07 Å². The smallest absolute Gasteiger partial charge is 0.276 e. The summed E-state index contributed by atoms with van der Waals surface area (Å²) in [5, 5.41) is 5.18. The second kappa shape index (κ2) is 5.24. The lowest BCUT2D eigenvalue weighted by Crippen LogP contribution is -2.15. The summed E-state index contributed by atoms with van der Waals surface area (Å²) < 4.78 is 0. The van der Waals surface area contributed by atoms with Gasteiger partial charge >= 0.3 is 0 Å². The summed E-state index contributed by atoms with van der Waals surface area (Å²) in [6, 6.07) is 3.55. The Morgan fingerprint density at radius 2 is 2.33 bits per heavy atom. The van der Waals surface area contributed by atoms with Crippen LogP contribution >= 0.6 is 11.3 Å². The predicted molar refractivity (Wildman–Crippen MR) is 71.6 cm³/mol. The largest absolute Gasteiger partial charge is 0.322 e. The van der Waals surface area contributed by atoms with Crippen LogP contribution in [0.15, 0.2) is 23.7 Å². The fourth-order valence-electron chi connectivity index (χ4n) is 1.39. The summed E-state index contributed by atoms with van der Waals surface area (Å²) in [4.78, 5) is 20.2. The van der Waals surface area contributed by atoms with E-state index < -0.39 is 0 Å². The molecule has 0 fully saturated rings. The first kappa shape index (κ1) is 12.7. The number of carbonyl (C=O) groups excluding carboxylic acids is 1. The van der Waals surface area contributed by atoms with Crippen LogP contribution in [0.4, 0.5) is 5.82 Å². The number of anilines is 1. The van der Waals surface area contributed by atoms with Crippen molar-refractivity contribution in [2.24, 2.45) is 5.73 Å². The highest BCUT2D eigenvalue weighted by molar-refractivity contribution is 7.09. The number of hydrogen-bond donors (Lipinski definition) is 2. The normalized spacial score (nSPS) is 12.2. The van der Waals surface area contributed by atoms with Crippen LogP contribution in [0, 0.1) is 6.92 Å². The monoisotopic (exact) mass is 262 g/mol. The Morgan fingerprint density at radius 3 is 2.94 bits per heavy atom. The number of hydrogen-bond acceptors (Lipinski definition) is 5. The number of amides is 1. The van der Waals surface area contributed by atoms with Crippen molar-refractivity contribution in [1.82, 2.24) is 9.97 Å². The van der Waals surface area contributed by atoms with Gasteiger partial charge in [-0.25, -0.2) is 9.97 Å². The van der Waals surface area contributed by atoms with Gasteiger partial charge in [-0.05, 0) is 25.5 Å². The van der Waals surface area contributed by atoms with Gasteiger partial charge in [0.1, 0.15) is 16.5 Å². The molecule has 0 spiro atoms. The Kier molecular flexibility index (Phi) is 3.69. The lowest BCUT2D eigenvalue weighted by Gasteiger charge is -2.04. The Bertz CT molecular complexity index is 565. The molecular weight excluding hydrogens is 248 g/mol. The van der Waals surface area contributed by atoms with E-state index in [0.717, 1.165) is 10.6 Å². The zero-order valence-corrected chi connectivity index (χ0v) is 11.0. The van der Waals surface area contributed by atoms with Gasteiger partial charge in [0.05, 0.1) is 6.04 Å². The van der Waals surface area contributed by atoms with E-state index in [0.29, 0.717) is 11.5 Å². The van der Waals surface area contributed by atoms with Crippen molar-refractivity contribution in [1.29, 1.82) is 0 Å². The highest BCUT2D eigenvalue weighted by Crippen LogP contribution is 2.17. The molecule has 1 atom stereocenters. The summed E-state index contributed by atoms with van der Waals surface area (Å²) in [5.74, 6) is 0.290. The van der Waals surface area contributed by atoms with E-state index in [1.54, 1.807) is 11.6 Å². The predicted octanol–water partition coefficient (Wildman–Crippen LogP) is 2.12. The van der Waals surface area contributed by atoms with Gasteiger partial charge in [0, 0.05) is 11.6 Å². The molecule has 2 heterocycles. The van der Waals surface area contributed by atoms with Gasteiger partial charge < -0.3 is 11.1 Å². The number of rotatable bonds is 3. The maximum absolute atomic E-state index is 12.0. The number of nitrogens with one attached hydrogen (secondary N) is 1. The van der Waals surface area contributed by atoms with Crippen molar-refractivity contribution in [2.75, 3.05) is 5.32 Å². The second-order valence-corrected chi connectivity index (χ2v) is 4.87. The van der Waals surface area contributed by atoms with Crippen molar-refractivity contribution in [3.05, 3.63) is 40.0 Å². The molecule has 1 unspecified atom stereocenters. The van der Waals surface area contributed by atoms with Gasteiger partial charge in [0.2, 0.25) is 0 Å².